The number of unbranched alkanes of at least 4 members (excludes halogenated alkanes) is 1. The molecular weight excluding hydrogens is 436 g/mol. The summed E-state index contributed by atoms with van der Waals surface area (Å²) in [5.74, 6) is 3.30. The number of allylic oxidation sites excluding steroid dienone is 1. The average molecular weight is 471 g/mol. The normalized spacial score (nSPS) is 11.3. The molecule has 0 bridgehead atoms. The lowest BCUT2D eigenvalue weighted by Crippen LogP contribution is -2.09. The second kappa shape index (κ2) is 11.6. The van der Waals surface area contributed by atoms with Gasteiger partial charge >= 0.3 is 0 Å². The van der Waals surface area contributed by atoms with Crippen molar-refractivity contribution < 1.29 is 14.2 Å². The third-order valence-electron chi connectivity index (χ3n) is 6.01. The molecule has 4 rings (SSSR count). The molecule has 5 heteroatoms. The minimum atomic E-state index is 0.368. The summed E-state index contributed by atoms with van der Waals surface area (Å²) in [6, 6.07) is 20.5. The minimum absolute atomic E-state index is 0.368. The molecule has 0 radical (unpaired) electrons. The first kappa shape index (κ1) is 24.4. The summed E-state index contributed by atoms with van der Waals surface area (Å²) >= 11 is 0. The van der Waals surface area contributed by atoms with E-state index in [1.165, 1.54) is 11.1 Å². The summed E-state index contributed by atoms with van der Waals surface area (Å²) in [6.07, 6.45) is 5.99. The predicted octanol–water partition coefficient (Wildman–Crippen LogP) is 7.13. The van der Waals surface area contributed by atoms with Crippen LogP contribution in [0, 0.1) is 13.8 Å². The van der Waals surface area contributed by atoms with Crippen LogP contribution >= 0.6 is 0 Å². The van der Waals surface area contributed by atoms with Gasteiger partial charge in [-0.05, 0) is 80.6 Å². The maximum absolute atomic E-state index is 6.17. The van der Waals surface area contributed by atoms with Crippen LogP contribution in [0.5, 0.6) is 17.2 Å². The number of hydrogen-bond acceptors (Lipinski definition) is 4. The summed E-state index contributed by atoms with van der Waals surface area (Å²) in [7, 11) is 1.66. The third kappa shape index (κ3) is 6.04. The Bertz CT molecular complexity index is 1310. The lowest BCUT2D eigenvalue weighted by molar-refractivity contribution is 0.269. The van der Waals surface area contributed by atoms with E-state index in [0.717, 1.165) is 47.6 Å². The van der Waals surface area contributed by atoms with Crippen LogP contribution in [-0.2, 0) is 13.2 Å². The van der Waals surface area contributed by atoms with E-state index in [9.17, 15) is 0 Å². The topological polar surface area (TPSA) is 45.5 Å². The molecule has 182 valence electrons. The van der Waals surface area contributed by atoms with E-state index < -0.39 is 0 Å². The zero-order valence-electron chi connectivity index (χ0n) is 21.1. The summed E-state index contributed by atoms with van der Waals surface area (Å²) in [5, 5.41) is 0. The number of aryl methyl sites for hydroxylation is 3. The number of ether oxygens (including phenoxy) is 3. The Hall–Kier alpha value is -3.73. The SMILES string of the molecule is C/C=C\c1ccc(OCc2nc3ccccc3n2CCCCOc2cc(C)ccc2C)c(OC)c1. The molecule has 3 aromatic carbocycles. The Morgan fingerprint density at radius 2 is 1.74 bits per heavy atom. The fraction of sp³-hybridized carbons (Fsp3) is 0.300. The molecule has 0 saturated heterocycles. The second-order valence-electron chi connectivity index (χ2n) is 8.69. The molecule has 0 aliphatic carbocycles. The standard InChI is InChI=1S/C30H34N2O3/c1-5-10-24-15-16-27(29(20-24)33-4)35-21-30-31-25-11-6-7-12-26(25)32(30)17-8-9-18-34-28-19-22(2)13-14-23(28)3/h5-7,10-16,19-20H,8-9,17-18,21H2,1-4H3/b10-5-. The zero-order valence-corrected chi connectivity index (χ0v) is 21.1. The van der Waals surface area contributed by atoms with Crippen LogP contribution < -0.4 is 14.2 Å². The molecule has 0 spiro atoms. The van der Waals surface area contributed by atoms with Crippen molar-refractivity contribution in [2.24, 2.45) is 0 Å². The van der Waals surface area contributed by atoms with E-state index in [2.05, 4.69) is 48.7 Å². The van der Waals surface area contributed by atoms with Crippen molar-refractivity contribution in [3.05, 3.63) is 89.3 Å². The van der Waals surface area contributed by atoms with Crippen LogP contribution in [0.15, 0.2) is 66.7 Å². The van der Waals surface area contributed by atoms with Crippen molar-refractivity contribution in [1.29, 1.82) is 0 Å². The van der Waals surface area contributed by atoms with Gasteiger partial charge < -0.3 is 18.8 Å². The van der Waals surface area contributed by atoms with E-state index in [0.29, 0.717) is 24.7 Å². The molecule has 0 fully saturated rings. The van der Waals surface area contributed by atoms with Gasteiger partial charge in [0.05, 0.1) is 24.8 Å². The van der Waals surface area contributed by atoms with Gasteiger partial charge in [-0.1, -0.05) is 42.5 Å². The molecule has 0 N–H and O–H groups in total. The van der Waals surface area contributed by atoms with Gasteiger partial charge in [-0.2, -0.15) is 0 Å². The Kier molecular flexibility index (Phi) is 8.09. The summed E-state index contributed by atoms with van der Waals surface area (Å²) < 4.78 is 20.0. The van der Waals surface area contributed by atoms with Crippen LogP contribution in [0.1, 0.15) is 42.3 Å². The first-order valence-corrected chi connectivity index (χ1v) is 12.2. The first-order chi connectivity index (χ1) is 17.1. The molecular formula is C30H34N2O3. The second-order valence-corrected chi connectivity index (χ2v) is 8.69. The number of para-hydroxylation sites is 2. The molecule has 4 aromatic rings. The van der Waals surface area contributed by atoms with Gasteiger partial charge in [0.2, 0.25) is 0 Å². The summed E-state index contributed by atoms with van der Waals surface area (Å²) in [4.78, 5) is 4.85. The smallest absolute Gasteiger partial charge is 0.161 e. The number of methoxy groups -OCH3 is 1. The maximum atomic E-state index is 6.17. The van der Waals surface area contributed by atoms with Gasteiger partial charge in [0, 0.05) is 6.54 Å². The van der Waals surface area contributed by atoms with Crippen molar-refractivity contribution in [3.63, 3.8) is 0 Å². The first-order valence-electron chi connectivity index (χ1n) is 12.2. The average Bonchev–Trinajstić information content (AvgIpc) is 3.22. The van der Waals surface area contributed by atoms with Crippen LogP contribution in [0.25, 0.3) is 17.1 Å². The van der Waals surface area contributed by atoms with Crippen molar-refractivity contribution in [2.75, 3.05) is 13.7 Å². The lowest BCUT2D eigenvalue weighted by atomic mass is 10.1. The summed E-state index contributed by atoms with van der Waals surface area (Å²) in [6.45, 7) is 8.09. The highest BCUT2D eigenvalue weighted by molar-refractivity contribution is 5.75. The zero-order chi connectivity index (χ0) is 24.6. The lowest BCUT2D eigenvalue weighted by Gasteiger charge is -2.13. The maximum Gasteiger partial charge on any atom is 0.161 e. The van der Waals surface area contributed by atoms with Crippen LogP contribution in [0.3, 0.4) is 0 Å². The molecule has 0 saturated carbocycles. The molecule has 0 atom stereocenters. The van der Waals surface area contributed by atoms with Gasteiger partial charge in [-0.15, -0.1) is 0 Å². The number of rotatable bonds is 11. The minimum Gasteiger partial charge on any atom is -0.493 e. The monoisotopic (exact) mass is 470 g/mol. The predicted molar refractivity (Wildman–Crippen MR) is 142 cm³/mol. The van der Waals surface area contributed by atoms with Crippen molar-refractivity contribution >= 4 is 17.1 Å². The van der Waals surface area contributed by atoms with E-state index >= 15 is 0 Å². The van der Waals surface area contributed by atoms with Crippen molar-refractivity contribution in [3.8, 4) is 17.2 Å². The van der Waals surface area contributed by atoms with Crippen molar-refractivity contribution in [1.82, 2.24) is 9.55 Å². The van der Waals surface area contributed by atoms with Gasteiger partial charge in [0.1, 0.15) is 18.2 Å². The molecule has 0 unspecified atom stereocenters. The van der Waals surface area contributed by atoms with Crippen molar-refractivity contribution in [2.45, 2.75) is 46.8 Å². The number of hydrogen-bond donors (Lipinski definition) is 0. The molecule has 0 aliphatic rings. The Morgan fingerprint density at radius 3 is 2.57 bits per heavy atom. The summed E-state index contributed by atoms with van der Waals surface area (Å²) in [5.41, 5.74) is 5.56. The van der Waals surface area contributed by atoms with E-state index in [4.69, 9.17) is 19.2 Å². The number of aromatic nitrogens is 2. The van der Waals surface area contributed by atoms with Gasteiger partial charge in [-0.25, -0.2) is 4.98 Å². The molecule has 1 aromatic heterocycles. The van der Waals surface area contributed by atoms with Gasteiger partial charge in [0.25, 0.3) is 0 Å². The van der Waals surface area contributed by atoms with E-state index in [1.807, 2.05) is 49.4 Å². The van der Waals surface area contributed by atoms with Gasteiger partial charge in [0.15, 0.2) is 11.5 Å². The molecule has 5 nitrogen and oxygen atoms in total. The van der Waals surface area contributed by atoms with E-state index in [1.54, 1.807) is 7.11 Å². The number of benzene rings is 3. The molecule has 0 amide bonds. The number of imidazole rings is 1. The number of nitrogens with zero attached hydrogens (tertiary/aromatic N) is 2. The van der Waals surface area contributed by atoms with Crippen LogP contribution in [0.4, 0.5) is 0 Å². The molecule has 1 heterocycles. The fourth-order valence-electron chi connectivity index (χ4n) is 4.14. The Balaban J connectivity index is 1.42. The fourth-order valence-corrected chi connectivity index (χ4v) is 4.14. The highest BCUT2D eigenvalue weighted by Gasteiger charge is 2.13. The third-order valence-corrected chi connectivity index (χ3v) is 6.01. The van der Waals surface area contributed by atoms with Crippen LogP contribution in [-0.4, -0.2) is 23.3 Å². The largest absolute Gasteiger partial charge is 0.493 e. The van der Waals surface area contributed by atoms with E-state index in [-0.39, 0.29) is 0 Å². The Morgan fingerprint density at radius 1 is 0.886 bits per heavy atom. The Labute approximate surface area is 208 Å². The van der Waals surface area contributed by atoms with Crippen LogP contribution in [0.2, 0.25) is 0 Å². The quantitative estimate of drug-likeness (QED) is 0.219. The number of fused-ring (bicyclic) bond motifs is 1. The molecule has 0 aliphatic heterocycles. The van der Waals surface area contributed by atoms with Gasteiger partial charge in [-0.3, -0.25) is 0 Å². The highest BCUT2D eigenvalue weighted by Crippen LogP contribution is 2.30. The molecule has 35 heavy (non-hydrogen) atoms. The highest BCUT2D eigenvalue weighted by atomic mass is 16.5.